The SMILES string of the molecule is Cc1ccc(N(C2=CC=C(C3=CC=C(N(c4ccc(C)cc4)c4cccc5c4C4(c6ccccc6-c6ccccc64)c4ccccc4-5)CC3)CC2)c2ccc(C)cc2)cc1. The lowest BCUT2D eigenvalue weighted by Crippen LogP contribution is -2.29. The van der Waals surface area contributed by atoms with Crippen LogP contribution in [0.1, 0.15) is 64.6 Å². The Morgan fingerprint density at radius 3 is 1.17 bits per heavy atom. The van der Waals surface area contributed by atoms with Crippen LogP contribution in [0.4, 0.5) is 22.7 Å². The molecule has 1 spiro atoms. The minimum absolute atomic E-state index is 0.434. The van der Waals surface area contributed by atoms with Gasteiger partial charge in [-0.2, -0.15) is 0 Å². The molecule has 4 aliphatic rings. The van der Waals surface area contributed by atoms with Gasteiger partial charge in [-0.3, -0.25) is 0 Å². The van der Waals surface area contributed by atoms with Crippen molar-refractivity contribution < 1.29 is 0 Å². The van der Waals surface area contributed by atoms with Crippen LogP contribution in [0.25, 0.3) is 22.3 Å². The fourth-order valence-corrected chi connectivity index (χ4v) is 10.5. The van der Waals surface area contributed by atoms with Crippen molar-refractivity contribution in [2.45, 2.75) is 51.9 Å². The molecule has 60 heavy (non-hydrogen) atoms. The third-order valence-electron chi connectivity index (χ3n) is 13.4. The summed E-state index contributed by atoms with van der Waals surface area (Å²) in [6, 6.07) is 61.4. The summed E-state index contributed by atoms with van der Waals surface area (Å²) in [7, 11) is 0. The molecule has 0 fully saturated rings. The Hall–Kier alpha value is -6.90. The molecule has 0 atom stereocenters. The number of benzene rings is 7. The molecule has 0 bridgehead atoms. The summed E-state index contributed by atoms with van der Waals surface area (Å²) in [5.41, 5.74) is 24.5. The van der Waals surface area contributed by atoms with E-state index in [1.165, 1.54) is 106 Å². The standard InChI is InChI=1S/C58H48N2/c1-39-19-29-44(30-20-39)59(45-31-21-40(2)22-32-45)46-35-25-42(26-36-46)43-27-37-48(38-28-43)60(47-33-23-41(3)24-34-47)56-18-10-14-52-51-13-6-9-17-55(51)58(57(52)56)53-15-7-4-11-49(53)50-12-5-8-16-54(50)58/h4-25,27,29-35,37H,26,28,36,38H2,1-3H3. The molecular formula is C58H48N2. The Kier molecular flexibility index (Phi) is 8.71. The summed E-state index contributed by atoms with van der Waals surface area (Å²) in [5, 5.41) is 0. The molecule has 290 valence electrons. The highest BCUT2D eigenvalue weighted by Crippen LogP contribution is 2.65. The normalized spacial score (nSPS) is 15.5. The van der Waals surface area contributed by atoms with Crippen LogP contribution in [0.15, 0.2) is 211 Å². The molecule has 7 aromatic rings. The maximum atomic E-state index is 2.58. The summed E-state index contributed by atoms with van der Waals surface area (Å²) < 4.78 is 0. The molecule has 0 aromatic heterocycles. The van der Waals surface area contributed by atoms with Crippen molar-refractivity contribution in [2.75, 3.05) is 9.80 Å². The molecule has 11 rings (SSSR count). The molecule has 0 amide bonds. The van der Waals surface area contributed by atoms with E-state index in [1.54, 1.807) is 0 Å². The van der Waals surface area contributed by atoms with E-state index in [-0.39, 0.29) is 0 Å². The average Bonchev–Trinajstić information content (AvgIpc) is 3.77. The van der Waals surface area contributed by atoms with Crippen molar-refractivity contribution in [1.29, 1.82) is 0 Å². The largest absolute Gasteiger partial charge is 0.314 e. The summed E-state index contributed by atoms with van der Waals surface area (Å²) in [4.78, 5) is 5.01. The number of nitrogens with zero attached hydrogens (tertiary/aromatic N) is 2. The lowest BCUT2D eigenvalue weighted by molar-refractivity contribution is 0.785. The smallest absolute Gasteiger partial charge is 0.0746 e. The molecule has 7 aromatic carbocycles. The van der Waals surface area contributed by atoms with Gasteiger partial charge in [-0.1, -0.05) is 150 Å². The van der Waals surface area contributed by atoms with Gasteiger partial charge < -0.3 is 9.80 Å². The van der Waals surface area contributed by atoms with Crippen molar-refractivity contribution in [3.8, 4) is 22.3 Å². The van der Waals surface area contributed by atoms with E-state index in [9.17, 15) is 0 Å². The fourth-order valence-electron chi connectivity index (χ4n) is 10.5. The number of rotatable bonds is 7. The van der Waals surface area contributed by atoms with Crippen LogP contribution in [0.3, 0.4) is 0 Å². The monoisotopic (exact) mass is 772 g/mol. The van der Waals surface area contributed by atoms with Crippen molar-refractivity contribution in [2.24, 2.45) is 0 Å². The van der Waals surface area contributed by atoms with Crippen molar-refractivity contribution in [3.05, 3.63) is 250 Å². The molecule has 0 heterocycles. The Morgan fingerprint density at radius 2 is 0.733 bits per heavy atom. The first-order valence-electron chi connectivity index (χ1n) is 21.5. The van der Waals surface area contributed by atoms with Gasteiger partial charge in [0.1, 0.15) is 0 Å². The van der Waals surface area contributed by atoms with E-state index in [0.717, 1.165) is 25.7 Å². The van der Waals surface area contributed by atoms with Crippen molar-refractivity contribution in [3.63, 3.8) is 0 Å². The summed E-state index contributed by atoms with van der Waals surface area (Å²) in [6.07, 6.45) is 13.5. The van der Waals surface area contributed by atoms with E-state index >= 15 is 0 Å². The van der Waals surface area contributed by atoms with Gasteiger partial charge in [0.2, 0.25) is 0 Å². The highest BCUT2D eigenvalue weighted by Gasteiger charge is 2.53. The Bertz CT molecular complexity index is 2830. The Balaban J connectivity index is 1.02. The first-order chi connectivity index (χ1) is 29.5. The minimum atomic E-state index is -0.434. The summed E-state index contributed by atoms with van der Waals surface area (Å²) in [6.45, 7) is 6.49. The van der Waals surface area contributed by atoms with E-state index < -0.39 is 5.41 Å². The molecule has 0 aliphatic heterocycles. The van der Waals surface area contributed by atoms with E-state index in [4.69, 9.17) is 0 Å². The van der Waals surface area contributed by atoms with Gasteiger partial charge in [-0.15, -0.1) is 0 Å². The number of fused-ring (bicyclic) bond motifs is 10. The second kappa shape index (κ2) is 14.4. The Morgan fingerprint density at radius 1 is 0.350 bits per heavy atom. The van der Waals surface area contributed by atoms with Crippen LogP contribution in [0.5, 0.6) is 0 Å². The lowest BCUT2D eigenvalue weighted by Gasteiger charge is -2.37. The van der Waals surface area contributed by atoms with Crippen molar-refractivity contribution >= 4 is 22.7 Å². The third-order valence-corrected chi connectivity index (χ3v) is 13.4. The van der Waals surface area contributed by atoms with Crippen LogP contribution in [0.2, 0.25) is 0 Å². The van der Waals surface area contributed by atoms with E-state index in [1.807, 2.05) is 0 Å². The molecule has 2 nitrogen and oxygen atoms in total. The topological polar surface area (TPSA) is 6.48 Å². The van der Waals surface area contributed by atoms with Gasteiger partial charge >= 0.3 is 0 Å². The lowest BCUT2D eigenvalue weighted by atomic mass is 9.70. The predicted octanol–water partition coefficient (Wildman–Crippen LogP) is 15.1. The van der Waals surface area contributed by atoms with E-state index in [0.29, 0.717) is 0 Å². The second-order valence-electron chi connectivity index (χ2n) is 17.0. The third kappa shape index (κ3) is 5.69. The molecule has 0 unspecified atom stereocenters. The number of aryl methyl sites for hydroxylation is 3. The van der Waals surface area contributed by atoms with Gasteiger partial charge in [0, 0.05) is 34.0 Å². The van der Waals surface area contributed by atoms with E-state index in [2.05, 4.69) is 219 Å². The molecule has 4 aliphatic carbocycles. The van der Waals surface area contributed by atoms with Gasteiger partial charge in [-0.05, 0) is 151 Å². The number of anilines is 4. The van der Waals surface area contributed by atoms with Crippen LogP contribution in [-0.2, 0) is 5.41 Å². The zero-order valence-corrected chi connectivity index (χ0v) is 34.6. The van der Waals surface area contributed by atoms with Crippen LogP contribution < -0.4 is 9.80 Å². The number of allylic oxidation sites excluding steroid dienone is 8. The van der Waals surface area contributed by atoms with Crippen molar-refractivity contribution in [1.82, 2.24) is 0 Å². The number of hydrogen-bond donors (Lipinski definition) is 0. The maximum Gasteiger partial charge on any atom is 0.0746 e. The molecule has 2 heteroatoms. The van der Waals surface area contributed by atoms with Crippen LogP contribution in [-0.4, -0.2) is 0 Å². The summed E-state index contributed by atoms with van der Waals surface area (Å²) in [5.74, 6) is 0. The summed E-state index contributed by atoms with van der Waals surface area (Å²) >= 11 is 0. The minimum Gasteiger partial charge on any atom is -0.314 e. The molecule has 0 N–H and O–H groups in total. The molecule has 0 saturated heterocycles. The first kappa shape index (κ1) is 36.2. The average molecular weight is 773 g/mol. The Labute approximate surface area is 354 Å². The maximum absolute atomic E-state index is 2.58. The van der Waals surface area contributed by atoms with Crippen LogP contribution in [0, 0.1) is 20.8 Å². The van der Waals surface area contributed by atoms with Crippen LogP contribution >= 0.6 is 0 Å². The zero-order valence-electron chi connectivity index (χ0n) is 34.6. The quantitative estimate of drug-likeness (QED) is 0.159. The number of hydrogen-bond acceptors (Lipinski definition) is 2. The highest BCUT2D eigenvalue weighted by atomic mass is 15.2. The van der Waals surface area contributed by atoms with Gasteiger partial charge in [-0.25, -0.2) is 0 Å². The van der Waals surface area contributed by atoms with Gasteiger partial charge in [0.15, 0.2) is 0 Å². The first-order valence-corrected chi connectivity index (χ1v) is 21.5. The second-order valence-corrected chi connectivity index (χ2v) is 17.0. The zero-order chi connectivity index (χ0) is 40.4. The molecular weight excluding hydrogens is 725 g/mol. The highest BCUT2D eigenvalue weighted by molar-refractivity contribution is 5.99. The fraction of sp³-hybridized carbons (Fsp3) is 0.138. The molecule has 0 radical (unpaired) electrons. The molecule has 0 saturated carbocycles. The van der Waals surface area contributed by atoms with Gasteiger partial charge in [0.25, 0.3) is 0 Å². The van der Waals surface area contributed by atoms with Gasteiger partial charge in [0.05, 0.1) is 11.1 Å². The predicted molar refractivity (Wildman–Crippen MR) is 251 cm³/mol.